The van der Waals surface area contributed by atoms with Crippen molar-refractivity contribution in [2.45, 2.75) is 38.1 Å². The number of hydrogen-bond acceptors (Lipinski definition) is 2. The smallest absolute Gasteiger partial charge is 0.237 e. The molecule has 0 radical (unpaired) electrons. The van der Waals surface area contributed by atoms with Gasteiger partial charge in [0.15, 0.2) is 0 Å². The second kappa shape index (κ2) is 7.04. The Morgan fingerprint density at radius 2 is 2.15 bits per heavy atom. The second-order valence-corrected chi connectivity index (χ2v) is 5.73. The third-order valence-electron chi connectivity index (χ3n) is 3.68. The van der Waals surface area contributed by atoms with E-state index in [0.717, 1.165) is 19.4 Å². The molecule has 1 unspecified atom stereocenters. The first kappa shape index (κ1) is 16.9. The van der Waals surface area contributed by atoms with Gasteiger partial charge in [-0.05, 0) is 31.0 Å². The Morgan fingerprint density at radius 3 is 2.75 bits per heavy atom. The molecule has 1 aliphatic rings. The molecule has 3 nitrogen and oxygen atoms in total. The van der Waals surface area contributed by atoms with Crippen molar-refractivity contribution in [2.75, 3.05) is 13.1 Å². The molecular formula is C15H22ClFN2O. The average molecular weight is 301 g/mol. The molecule has 1 saturated heterocycles. The zero-order chi connectivity index (χ0) is 13.9. The van der Waals surface area contributed by atoms with Crippen LogP contribution in [0.25, 0.3) is 0 Å². The fourth-order valence-corrected chi connectivity index (χ4v) is 2.44. The number of carbonyl (C=O) groups excluding carboxylic acids is 1. The van der Waals surface area contributed by atoms with E-state index in [4.69, 9.17) is 0 Å². The van der Waals surface area contributed by atoms with Crippen LogP contribution in [0.15, 0.2) is 24.3 Å². The highest BCUT2D eigenvalue weighted by Gasteiger charge is 2.27. The van der Waals surface area contributed by atoms with Crippen molar-refractivity contribution in [2.24, 2.45) is 0 Å². The number of nitrogens with one attached hydrogen (secondary N) is 2. The van der Waals surface area contributed by atoms with Crippen molar-refractivity contribution in [1.29, 1.82) is 0 Å². The quantitative estimate of drug-likeness (QED) is 0.896. The van der Waals surface area contributed by atoms with Gasteiger partial charge in [-0.2, -0.15) is 0 Å². The Balaban J connectivity index is 0.00000200. The third-order valence-corrected chi connectivity index (χ3v) is 3.68. The maximum Gasteiger partial charge on any atom is 0.237 e. The van der Waals surface area contributed by atoms with Gasteiger partial charge in [-0.3, -0.25) is 4.79 Å². The van der Waals surface area contributed by atoms with Crippen LogP contribution in [-0.2, 0) is 10.2 Å². The minimum absolute atomic E-state index is 0. The highest BCUT2D eigenvalue weighted by atomic mass is 35.5. The molecule has 2 rings (SSSR count). The van der Waals surface area contributed by atoms with Crippen molar-refractivity contribution in [3.8, 4) is 0 Å². The maximum atomic E-state index is 13.8. The van der Waals surface area contributed by atoms with E-state index >= 15 is 0 Å². The van der Waals surface area contributed by atoms with Crippen LogP contribution < -0.4 is 10.6 Å². The lowest BCUT2D eigenvalue weighted by molar-refractivity contribution is -0.123. The van der Waals surface area contributed by atoms with Gasteiger partial charge in [0.2, 0.25) is 5.91 Å². The Labute approximate surface area is 125 Å². The minimum Gasteiger partial charge on any atom is -0.354 e. The molecular weight excluding hydrogens is 279 g/mol. The molecule has 1 amide bonds. The third kappa shape index (κ3) is 3.93. The van der Waals surface area contributed by atoms with Gasteiger partial charge in [-0.25, -0.2) is 4.39 Å². The summed E-state index contributed by atoms with van der Waals surface area (Å²) in [6.45, 7) is 5.21. The van der Waals surface area contributed by atoms with E-state index in [2.05, 4.69) is 10.6 Å². The van der Waals surface area contributed by atoms with Crippen LogP contribution in [0.1, 0.15) is 32.3 Å². The summed E-state index contributed by atoms with van der Waals surface area (Å²) in [6, 6.07) is 6.64. The van der Waals surface area contributed by atoms with E-state index in [1.807, 2.05) is 19.9 Å². The first-order valence-corrected chi connectivity index (χ1v) is 6.77. The number of rotatable bonds is 4. The van der Waals surface area contributed by atoms with Crippen LogP contribution in [0.5, 0.6) is 0 Å². The zero-order valence-corrected chi connectivity index (χ0v) is 12.7. The minimum atomic E-state index is -0.417. The zero-order valence-electron chi connectivity index (χ0n) is 11.9. The molecule has 0 spiro atoms. The van der Waals surface area contributed by atoms with Crippen molar-refractivity contribution in [3.63, 3.8) is 0 Å². The van der Waals surface area contributed by atoms with E-state index in [1.54, 1.807) is 12.1 Å². The van der Waals surface area contributed by atoms with Crippen LogP contribution in [-0.4, -0.2) is 25.0 Å². The van der Waals surface area contributed by atoms with Gasteiger partial charge >= 0.3 is 0 Å². The Morgan fingerprint density at radius 1 is 1.45 bits per heavy atom. The first-order valence-electron chi connectivity index (χ1n) is 6.77. The highest BCUT2D eigenvalue weighted by molar-refractivity contribution is 5.85. The Hall–Kier alpha value is -1.13. The van der Waals surface area contributed by atoms with Gasteiger partial charge in [0.05, 0.1) is 6.04 Å². The number of halogens is 2. The summed E-state index contributed by atoms with van der Waals surface area (Å²) in [6.07, 6.45) is 1.92. The molecule has 20 heavy (non-hydrogen) atoms. The van der Waals surface area contributed by atoms with Gasteiger partial charge in [-0.1, -0.05) is 32.0 Å². The van der Waals surface area contributed by atoms with Crippen LogP contribution in [0, 0.1) is 5.82 Å². The summed E-state index contributed by atoms with van der Waals surface area (Å²) in [5.41, 5.74) is 0.217. The normalized spacial score (nSPS) is 18.4. The van der Waals surface area contributed by atoms with Crippen molar-refractivity contribution >= 4 is 18.3 Å². The lowest BCUT2D eigenvalue weighted by atomic mass is 9.84. The molecule has 1 aromatic carbocycles. The average Bonchev–Trinajstić information content (AvgIpc) is 2.90. The van der Waals surface area contributed by atoms with Gasteiger partial charge in [0.25, 0.3) is 0 Å². The molecule has 1 aliphatic heterocycles. The second-order valence-electron chi connectivity index (χ2n) is 5.73. The van der Waals surface area contributed by atoms with Gasteiger partial charge in [0, 0.05) is 12.0 Å². The van der Waals surface area contributed by atoms with E-state index in [0.29, 0.717) is 12.1 Å². The van der Waals surface area contributed by atoms with E-state index in [-0.39, 0.29) is 30.2 Å². The van der Waals surface area contributed by atoms with Crippen molar-refractivity contribution in [1.82, 2.24) is 10.6 Å². The maximum absolute atomic E-state index is 13.8. The SMILES string of the molecule is CC(C)(CNC(=O)C1CCCN1)c1ccccc1F.Cl. The van der Waals surface area contributed by atoms with E-state index in [1.165, 1.54) is 6.07 Å². The number of benzene rings is 1. The van der Waals surface area contributed by atoms with Crippen molar-refractivity contribution in [3.05, 3.63) is 35.6 Å². The largest absolute Gasteiger partial charge is 0.354 e. The van der Waals surface area contributed by atoms with Gasteiger partial charge < -0.3 is 10.6 Å². The van der Waals surface area contributed by atoms with Crippen LogP contribution in [0.2, 0.25) is 0 Å². The first-order chi connectivity index (χ1) is 9.00. The number of hydrogen-bond donors (Lipinski definition) is 2. The standard InChI is InChI=1S/C15H21FN2O.ClH/c1-15(2,11-6-3-4-7-12(11)16)10-18-14(19)13-8-5-9-17-13;/h3-4,6-7,13,17H,5,8-10H2,1-2H3,(H,18,19);1H. The summed E-state index contributed by atoms with van der Waals surface area (Å²) in [5.74, 6) is -0.206. The lowest BCUT2D eigenvalue weighted by Gasteiger charge is -2.26. The van der Waals surface area contributed by atoms with Crippen LogP contribution in [0.3, 0.4) is 0 Å². The topological polar surface area (TPSA) is 41.1 Å². The fourth-order valence-electron chi connectivity index (χ4n) is 2.44. The molecule has 0 aromatic heterocycles. The molecule has 2 N–H and O–H groups in total. The molecule has 5 heteroatoms. The molecule has 0 aliphatic carbocycles. The van der Waals surface area contributed by atoms with Crippen LogP contribution >= 0.6 is 12.4 Å². The predicted octanol–water partition coefficient (Wildman–Crippen LogP) is 2.39. The van der Waals surface area contributed by atoms with Gasteiger partial charge in [-0.15, -0.1) is 12.4 Å². The summed E-state index contributed by atoms with van der Waals surface area (Å²) >= 11 is 0. The van der Waals surface area contributed by atoms with Gasteiger partial charge in [0.1, 0.15) is 5.82 Å². The monoisotopic (exact) mass is 300 g/mol. The van der Waals surface area contributed by atoms with Crippen LogP contribution in [0.4, 0.5) is 4.39 Å². The molecule has 1 aromatic rings. The summed E-state index contributed by atoms with van der Waals surface area (Å²) in [7, 11) is 0. The molecule has 1 fully saturated rings. The Bertz CT molecular complexity index is 459. The molecule has 0 bridgehead atoms. The molecule has 1 heterocycles. The summed E-state index contributed by atoms with van der Waals surface area (Å²) < 4.78 is 13.8. The molecule has 112 valence electrons. The summed E-state index contributed by atoms with van der Waals surface area (Å²) in [5, 5.41) is 6.08. The number of carbonyl (C=O) groups is 1. The highest BCUT2D eigenvalue weighted by Crippen LogP contribution is 2.24. The Kier molecular flexibility index (Phi) is 5.96. The molecule has 0 saturated carbocycles. The predicted molar refractivity (Wildman–Crippen MR) is 80.7 cm³/mol. The lowest BCUT2D eigenvalue weighted by Crippen LogP contribution is -2.45. The molecule has 1 atom stereocenters. The van der Waals surface area contributed by atoms with E-state index < -0.39 is 5.41 Å². The van der Waals surface area contributed by atoms with Crippen molar-refractivity contribution < 1.29 is 9.18 Å². The number of amides is 1. The summed E-state index contributed by atoms with van der Waals surface area (Å²) in [4.78, 5) is 11.9. The van der Waals surface area contributed by atoms with E-state index in [9.17, 15) is 9.18 Å². The fraction of sp³-hybridized carbons (Fsp3) is 0.533.